The van der Waals surface area contributed by atoms with Gasteiger partial charge in [-0.15, -0.1) is 11.3 Å². The van der Waals surface area contributed by atoms with E-state index < -0.39 is 22.2 Å². The Hall–Kier alpha value is -1.21. The van der Waals surface area contributed by atoms with Crippen LogP contribution >= 0.6 is 11.3 Å². The van der Waals surface area contributed by atoms with E-state index in [0.717, 1.165) is 20.9 Å². The van der Waals surface area contributed by atoms with E-state index in [9.17, 15) is 13.5 Å². The van der Waals surface area contributed by atoms with Gasteiger partial charge >= 0.3 is 0 Å². The Bertz CT molecular complexity index is 780. The summed E-state index contributed by atoms with van der Waals surface area (Å²) in [4.78, 5) is 2.03. The van der Waals surface area contributed by atoms with Crippen LogP contribution in [-0.4, -0.2) is 19.6 Å². The predicted molar refractivity (Wildman–Crippen MR) is 83.0 cm³/mol. The summed E-state index contributed by atoms with van der Waals surface area (Å²) in [5, 5.41) is 10.2. The van der Waals surface area contributed by atoms with Crippen molar-refractivity contribution in [2.45, 2.75) is 37.3 Å². The van der Waals surface area contributed by atoms with Crippen molar-refractivity contribution in [2.75, 3.05) is 0 Å². The topological polar surface area (TPSA) is 66.4 Å². The van der Waals surface area contributed by atoms with E-state index in [2.05, 4.69) is 4.72 Å². The predicted octanol–water partition coefficient (Wildman–Crippen LogP) is 2.30. The fraction of sp³-hybridized carbons (Fsp3) is 0.333. The Morgan fingerprint density at radius 1 is 1.29 bits per heavy atom. The minimum atomic E-state index is -3.63. The second-order valence-electron chi connectivity index (χ2n) is 5.35. The molecule has 2 N–H and O–H groups in total. The van der Waals surface area contributed by atoms with Crippen molar-refractivity contribution in [2.24, 2.45) is 0 Å². The molecule has 0 saturated carbocycles. The molecule has 112 valence electrons. The van der Waals surface area contributed by atoms with Crippen molar-refractivity contribution in [3.63, 3.8) is 0 Å². The van der Waals surface area contributed by atoms with Crippen LogP contribution < -0.4 is 4.72 Å². The average Bonchev–Trinajstić information content (AvgIpc) is 2.91. The van der Waals surface area contributed by atoms with E-state index in [4.69, 9.17) is 0 Å². The molecular formula is C15H17NO3S2. The van der Waals surface area contributed by atoms with E-state index in [1.807, 2.05) is 31.2 Å². The van der Waals surface area contributed by atoms with Gasteiger partial charge in [0.25, 0.3) is 0 Å². The zero-order valence-electron chi connectivity index (χ0n) is 11.8. The molecule has 0 saturated heterocycles. The number of benzene rings is 1. The molecule has 0 amide bonds. The lowest BCUT2D eigenvalue weighted by Gasteiger charge is -2.18. The molecule has 0 bridgehead atoms. The number of aliphatic hydroxyl groups is 1. The number of fused-ring (bicyclic) bond motifs is 1. The smallest absolute Gasteiger partial charge is 0.242 e. The van der Waals surface area contributed by atoms with Crippen molar-refractivity contribution in [1.29, 1.82) is 0 Å². The molecule has 1 aromatic carbocycles. The summed E-state index contributed by atoms with van der Waals surface area (Å²) in [5.74, 6) is 0. The first kappa shape index (κ1) is 14.7. The van der Waals surface area contributed by atoms with Crippen LogP contribution in [0.5, 0.6) is 0 Å². The summed E-state index contributed by atoms with van der Waals surface area (Å²) in [5.41, 5.74) is 1.86. The van der Waals surface area contributed by atoms with E-state index in [1.54, 1.807) is 13.0 Å². The maximum atomic E-state index is 12.6. The van der Waals surface area contributed by atoms with Gasteiger partial charge in [-0.25, -0.2) is 13.1 Å². The number of rotatable bonds is 3. The fourth-order valence-corrected chi connectivity index (χ4v) is 5.62. The van der Waals surface area contributed by atoms with Crippen molar-refractivity contribution < 1.29 is 13.5 Å². The Morgan fingerprint density at radius 2 is 2.00 bits per heavy atom. The van der Waals surface area contributed by atoms with Crippen LogP contribution in [0.15, 0.2) is 35.2 Å². The highest BCUT2D eigenvalue weighted by molar-refractivity contribution is 7.89. The summed E-state index contributed by atoms with van der Waals surface area (Å²) in [7, 11) is -3.63. The minimum Gasteiger partial charge on any atom is -0.391 e. The van der Waals surface area contributed by atoms with Crippen molar-refractivity contribution in [3.8, 4) is 0 Å². The number of aryl methyl sites for hydroxylation is 2. The molecule has 1 aliphatic rings. The van der Waals surface area contributed by atoms with E-state index in [1.165, 1.54) is 11.3 Å². The molecule has 0 radical (unpaired) electrons. The molecule has 1 aromatic heterocycles. The van der Waals surface area contributed by atoms with Crippen molar-refractivity contribution in [3.05, 3.63) is 51.2 Å². The number of nitrogens with one attached hydrogen (secondary N) is 1. The number of hydrogen-bond acceptors (Lipinski definition) is 4. The highest BCUT2D eigenvalue weighted by Gasteiger charge is 2.34. The lowest BCUT2D eigenvalue weighted by molar-refractivity contribution is 0.151. The molecule has 0 spiro atoms. The molecule has 1 aliphatic carbocycles. The molecule has 0 aliphatic heterocycles. The van der Waals surface area contributed by atoms with Crippen LogP contribution in [0, 0.1) is 13.8 Å². The van der Waals surface area contributed by atoms with Crippen molar-refractivity contribution in [1.82, 2.24) is 4.72 Å². The summed E-state index contributed by atoms with van der Waals surface area (Å²) in [6, 6.07) is 8.64. The summed E-state index contributed by atoms with van der Waals surface area (Å²) < 4.78 is 27.8. The van der Waals surface area contributed by atoms with Gasteiger partial charge in [0.1, 0.15) is 0 Å². The summed E-state index contributed by atoms with van der Waals surface area (Å²) in [6.07, 6.45) is -0.248. The third-order valence-electron chi connectivity index (χ3n) is 3.77. The van der Waals surface area contributed by atoms with Gasteiger partial charge in [-0.2, -0.15) is 0 Å². The molecule has 6 heteroatoms. The van der Waals surface area contributed by atoms with Gasteiger partial charge in [-0.1, -0.05) is 24.3 Å². The first-order valence-corrected chi connectivity index (χ1v) is 9.03. The zero-order valence-corrected chi connectivity index (χ0v) is 13.5. The van der Waals surface area contributed by atoms with Gasteiger partial charge in [-0.3, -0.25) is 0 Å². The highest BCUT2D eigenvalue weighted by Crippen LogP contribution is 2.33. The second kappa shape index (κ2) is 5.21. The molecule has 4 nitrogen and oxygen atoms in total. The zero-order chi connectivity index (χ0) is 15.2. The largest absolute Gasteiger partial charge is 0.391 e. The third-order valence-corrected chi connectivity index (χ3v) is 6.43. The summed E-state index contributed by atoms with van der Waals surface area (Å²) in [6.45, 7) is 3.68. The van der Waals surface area contributed by atoms with Crippen LogP contribution in [0.2, 0.25) is 0 Å². The van der Waals surface area contributed by atoms with Gasteiger partial charge in [0, 0.05) is 16.2 Å². The first-order valence-electron chi connectivity index (χ1n) is 6.74. The van der Waals surface area contributed by atoms with Crippen LogP contribution in [0.4, 0.5) is 0 Å². The molecule has 2 unspecified atom stereocenters. The maximum Gasteiger partial charge on any atom is 0.242 e. The molecule has 3 rings (SSSR count). The normalized spacial score (nSPS) is 21.5. The van der Waals surface area contributed by atoms with Crippen LogP contribution in [0.1, 0.15) is 26.9 Å². The quantitative estimate of drug-likeness (QED) is 0.911. The number of hydrogen-bond donors (Lipinski definition) is 2. The fourth-order valence-electron chi connectivity index (χ4n) is 2.82. The molecule has 0 fully saturated rings. The number of thiophene rings is 1. The monoisotopic (exact) mass is 323 g/mol. The number of sulfonamides is 1. The third kappa shape index (κ3) is 2.64. The number of aliphatic hydroxyl groups excluding tert-OH is 1. The lowest BCUT2D eigenvalue weighted by atomic mass is 10.1. The van der Waals surface area contributed by atoms with E-state index in [0.29, 0.717) is 11.3 Å². The van der Waals surface area contributed by atoms with Gasteiger partial charge in [0.15, 0.2) is 0 Å². The van der Waals surface area contributed by atoms with E-state index >= 15 is 0 Å². The van der Waals surface area contributed by atoms with Crippen LogP contribution in [0.3, 0.4) is 0 Å². The molecule has 2 aromatic rings. The van der Waals surface area contributed by atoms with Crippen LogP contribution in [-0.2, 0) is 16.4 Å². The molecular weight excluding hydrogens is 306 g/mol. The highest BCUT2D eigenvalue weighted by atomic mass is 32.2. The van der Waals surface area contributed by atoms with Gasteiger partial charge in [0.2, 0.25) is 10.0 Å². The van der Waals surface area contributed by atoms with Crippen molar-refractivity contribution >= 4 is 21.4 Å². The minimum absolute atomic E-state index is 0.307. The lowest BCUT2D eigenvalue weighted by Crippen LogP contribution is -2.34. The molecule has 2 atom stereocenters. The van der Waals surface area contributed by atoms with E-state index in [-0.39, 0.29) is 0 Å². The Labute approximate surface area is 128 Å². The second-order valence-corrected chi connectivity index (χ2v) is 8.49. The molecule has 1 heterocycles. The molecule has 21 heavy (non-hydrogen) atoms. The van der Waals surface area contributed by atoms with Gasteiger partial charge in [0.05, 0.1) is 17.0 Å². The van der Waals surface area contributed by atoms with Crippen LogP contribution in [0.25, 0.3) is 0 Å². The Morgan fingerprint density at radius 3 is 2.67 bits per heavy atom. The van der Waals surface area contributed by atoms with Gasteiger partial charge in [-0.05, 0) is 31.0 Å². The first-order chi connectivity index (χ1) is 9.88. The Balaban J connectivity index is 1.95. The Kier molecular flexibility index (Phi) is 3.65. The van der Waals surface area contributed by atoms with Gasteiger partial charge < -0.3 is 5.11 Å². The standard InChI is InChI=1S/C15H17NO3S2/c1-9-7-14(10(2)20-9)21(18,19)16-15-12-6-4-3-5-11(12)8-13(15)17/h3-7,13,15-17H,8H2,1-2H3. The average molecular weight is 323 g/mol. The maximum absolute atomic E-state index is 12.6. The SMILES string of the molecule is Cc1cc(S(=O)(=O)NC2c3ccccc3CC2O)c(C)s1. The summed E-state index contributed by atoms with van der Waals surface area (Å²) >= 11 is 1.46.